The number of nitrogens with zero attached hydrogens (tertiary/aromatic N) is 2. The Kier molecular flexibility index (Phi) is 3.56. The van der Waals surface area contributed by atoms with Crippen molar-refractivity contribution < 1.29 is 13.2 Å². The molecule has 2 rings (SSSR count). The lowest BCUT2D eigenvalue weighted by Gasteiger charge is -2.10. The van der Waals surface area contributed by atoms with Crippen molar-refractivity contribution in [2.75, 3.05) is 0 Å². The second-order valence-electron chi connectivity index (χ2n) is 3.44. The summed E-state index contributed by atoms with van der Waals surface area (Å²) in [6, 6.07) is 0.828. The molecule has 0 aliphatic rings. The number of hydrogen-bond acceptors (Lipinski definition) is 4. The molecule has 8 heteroatoms. The van der Waals surface area contributed by atoms with E-state index < -0.39 is 17.2 Å². The Morgan fingerprint density at radius 2 is 2.06 bits per heavy atom. The predicted octanol–water partition coefficient (Wildman–Crippen LogP) is 3.26. The number of nitrogens with two attached hydrogens (primary N) is 1. The first-order valence-electron chi connectivity index (χ1n) is 4.77. The molecule has 1 atom stereocenters. The fraction of sp³-hybridized carbons (Fsp3) is 0.200. The molecular weight excluding hydrogens is 287 g/mol. The van der Waals surface area contributed by atoms with Crippen LogP contribution in [0.15, 0.2) is 24.7 Å². The molecule has 0 fully saturated rings. The van der Waals surface area contributed by atoms with Gasteiger partial charge in [0.2, 0.25) is 0 Å². The Morgan fingerprint density at radius 1 is 1.33 bits per heavy atom. The molecule has 0 radical (unpaired) electrons. The quantitative estimate of drug-likeness (QED) is 0.924. The SMILES string of the molecule is NC(c1cnc(C(F)(F)F)s1)c1ccncc1Cl. The van der Waals surface area contributed by atoms with E-state index in [1.807, 2.05) is 0 Å². The summed E-state index contributed by atoms with van der Waals surface area (Å²) in [6.07, 6.45) is -0.463. The van der Waals surface area contributed by atoms with Gasteiger partial charge in [0.25, 0.3) is 0 Å². The number of pyridine rings is 1. The monoisotopic (exact) mass is 293 g/mol. The predicted molar refractivity (Wildman–Crippen MR) is 62.4 cm³/mol. The van der Waals surface area contributed by atoms with Crippen LogP contribution in [0.2, 0.25) is 5.02 Å². The third-order valence-corrected chi connectivity index (χ3v) is 3.65. The molecule has 0 amide bonds. The zero-order chi connectivity index (χ0) is 13.3. The Bertz CT molecular complexity index is 555. The van der Waals surface area contributed by atoms with Crippen LogP contribution in [0, 0.1) is 0 Å². The molecule has 0 aromatic carbocycles. The normalized spacial score (nSPS) is 13.6. The molecule has 0 saturated heterocycles. The van der Waals surface area contributed by atoms with Crippen molar-refractivity contribution in [3.8, 4) is 0 Å². The van der Waals surface area contributed by atoms with Gasteiger partial charge < -0.3 is 5.73 Å². The first-order valence-corrected chi connectivity index (χ1v) is 5.97. The summed E-state index contributed by atoms with van der Waals surface area (Å²) < 4.78 is 37.3. The van der Waals surface area contributed by atoms with Gasteiger partial charge in [0, 0.05) is 23.5 Å². The minimum atomic E-state index is -4.45. The molecule has 0 aliphatic heterocycles. The summed E-state index contributed by atoms with van der Waals surface area (Å²) in [4.78, 5) is 7.41. The molecule has 3 nitrogen and oxygen atoms in total. The fourth-order valence-electron chi connectivity index (χ4n) is 1.35. The standard InChI is InChI=1S/C10H7ClF3N3S/c11-6-3-16-2-1-5(6)8(15)7-4-17-9(18-7)10(12,13)14/h1-4,8H,15H2. The molecule has 0 saturated carbocycles. The maximum Gasteiger partial charge on any atom is 0.443 e. The van der Waals surface area contributed by atoms with E-state index in [0.29, 0.717) is 26.8 Å². The second-order valence-corrected chi connectivity index (χ2v) is 4.91. The van der Waals surface area contributed by atoms with E-state index in [4.69, 9.17) is 17.3 Å². The Labute approximate surface area is 109 Å². The van der Waals surface area contributed by atoms with Crippen LogP contribution in [0.4, 0.5) is 13.2 Å². The van der Waals surface area contributed by atoms with Gasteiger partial charge in [-0.15, -0.1) is 11.3 Å². The Morgan fingerprint density at radius 3 is 2.61 bits per heavy atom. The summed E-state index contributed by atoms with van der Waals surface area (Å²) in [6.45, 7) is 0. The smallest absolute Gasteiger partial charge is 0.320 e. The van der Waals surface area contributed by atoms with Crippen molar-refractivity contribution >= 4 is 22.9 Å². The highest BCUT2D eigenvalue weighted by atomic mass is 35.5. The fourth-order valence-corrected chi connectivity index (χ4v) is 2.39. The molecule has 18 heavy (non-hydrogen) atoms. The maximum absolute atomic E-state index is 12.4. The molecule has 0 aliphatic carbocycles. The van der Waals surface area contributed by atoms with E-state index in [-0.39, 0.29) is 0 Å². The number of aromatic nitrogens is 2. The lowest BCUT2D eigenvalue weighted by molar-refractivity contribution is -0.137. The number of halogens is 4. The highest BCUT2D eigenvalue weighted by Crippen LogP contribution is 2.36. The molecular formula is C10H7ClF3N3S. The van der Waals surface area contributed by atoms with E-state index in [1.165, 1.54) is 12.4 Å². The third kappa shape index (κ3) is 2.63. The highest BCUT2D eigenvalue weighted by Gasteiger charge is 2.35. The Balaban J connectivity index is 2.33. The number of alkyl halides is 3. The summed E-state index contributed by atoms with van der Waals surface area (Å²) in [7, 11) is 0. The van der Waals surface area contributed by atoms with Gasteiger partial charge >= 0.3 is 6.18 Å². The molecule has 96 valence electrons. The van der Waals surface area contributed by atoms with Crippen molar-refractivity contribution in [3.63, 3.8) is 0 Å². The van der Waals surface area contributed by atoms with E-state index in [0.717, 1.165) is 6.20 Å². The van der Waals surface area contributed by atoms with Crippen molar-refractivity contribution in [1.29, 1.82) is 0 Å². The molecule has 2 aromatic heterocycles. The summed E-state index contributed by atoms with van der Waals surface area (Å²) in [5, 5.41) is -0.606. The highest BCUT2D eigenvalue weighted by molar-refractivity contribution is 7.11. The van der Waals surface area contributed by atoms with Crippen LogP contribution in [0.3, 0.4) is 0 Å². The molecule has 2 heterocycles. The first-order chi connectivity index (χ1) is 8.39. The van der Waals surface area contributed by atoms with Crippen LogP contribution < -0.4 is 5.73 Å². The zero-order valence-electron chi connectivity index (χ0n) is 8.78. The molecule has 0 spiro atoms. The lowest BCUT2D eigenvalue weighted by Crippen LogP contribution is -2.11. The third-order valence-electron chi connectivity index (χ3n) is 2.21. The van der Waals surface area contributed by atoms with Crippen LogP contribution in [-0.2, 0) is 6.18 Å². The lowest BCUT2D eigenvalue weighted by atomic mass is 10.1. The maximum atomic E-state index is 12.4. The molecule has 2 N–H and O–H groups in total. The van der Waals surface area contributed by atoms with Crippen LogP contribution in [0.25, 0.3) is 0 Å². The van der Waals surface area contributed by atoms with Gasteiger partial charge in [-0.25, -0.2) is 4.98 Å². The summed E-state index contributed by atoms with van der Waals surface area (Å²) in [5.74, 6) is 0. The number of thiazole rings is 1. The summed E-state index contributed by atoms with van der Waals surface area (Å²) >= 11 is 6.40. The van der Waals surface area contributed by atoms with Gasteiger partial charge in [0.15, 0.2) is 5.01 Å². The first kappa shape index (κ1) is 13.3. The average Bonchev–Trinajstić information content (AvgIpc) is 2.77. The summed E-state index contributed by atoms with van der Waals surface area (Å²) in [5.41, 5.74) is 6.38. The van der Waals surface area contributed by atoms with Crippen LogP contribution >= 0.6 is 22.9 Å². The van der Waals surface area contributed by atoms with Crippen LogP contribution in [0.5, 0.6) is 0 Å². The van der Waals surface area contributed by atoms with E-state index in [2.05, 4.69) is 9.97 Å². The minimum absolute atomic E-state index is 0.301. The van der Waals surface area contributed by atoms with Crippen molar-refractivity contribution in [2.45, 2.75) is 12.2 Å². The van der Waals surface area contributed by atoms with Gasteiger partial charge in [0.1, 0.15) is 0 Å². The largest absolute Gasteiger partial charge is 0.443 e. The van der Waals surface area contributed by atoms with Gasteiger partial charge in [0.05, 0.1) is 11.1 Å². The van der Waals surface area contributed by atoms with Crippen LogP contribution in [0.1, 0.15) is 21.5 Å². The van der Waals surface area contributed by atoms with Gasteiger partial charge in [-0.05, 0) is 11.6 Å². The molecule has 2 aromatic rings. The Hall–Kier alpha value is -1.18. The van der Waals surface area contributed by atoms with Gasteiger partial charge in [-0.3, -0.25) is 4.98 Å². The topological polar surface area (TPSA) is 51.8 Å². The molecule has 1 unspecified atom stereocenters. The average molecular weight is 294 g/mol. The van der Waals surface area contributed by atoms with Gasteiger partial charge in [-0.1, -0.05) is 11.6 Å². The van der Waals surface area contributed by atoms with E-state index >= 15 is 0 Å². The van der Waals surface area contributed by atoms with Crippen molar-refractivity contribution in [1.82, 2.24) is 9.97 Å². The van der Waals surface area contributed by atoms with Crippen LogP contribution in [-0.4, -0.2) is 9.97 Å². The van der Waals surface area contributed by atoms with Crippen molar-refractivity contribution in [2.24, 2.45) is 5.73 Å². The van der Waals surface area contributed by atoms with E-state index in [1.54, 1.807) is 6.07 Å². The molecule has 0 bridgehead atoms. The van der Waals surface area contributed by atoms with E-state index in [9.17, 15) is 13.2 Å². The van der Waals surface area contributed by atoms with Gasteiger partial charge in [-0.2, -0.15) is 13.2 Å². The number of hydrogen-bond donors (Lipinski definition) is 1. The second kappa shape index (κ2) is 4.83. The zero-order valence-corrected chi connectivity index (χ0v) is 10.4. The van der Waals surface area contributed by atoms with Crippen molar-refractivity contribution in [3.05, 3.63) is 45.1 Å². The number of rotatable bonds is 2. The minimum Gasteiger partial charge on any atom is -0.320 e.